The zero-order chi connectivity index (χ0) is 15.0. The molecule has 1 aliphatic heterocycles. The van der Waals surface area contributed by atoms with Crippen molar-refractivity contribution in [2.24, 2.45) is 5.41 Å². The minimum absolute atomic E-state index is 0.0204. The summed E-state index contributed by atoms with van der Waals surface area (Å²) in [6.07, 6.45) is 2.19. The lowest BCUT2D eigenvalue weighted by Gasteiger charge is -2.32. The number of piperidine rings is 1. The van der Waals surface area contributed by atoms with Crippen LogP contribution in [0.25, 0.3) is 0 Å². The van der Waals surface area contributed by atoms with Gasteiger partial charge in [0.2, 0.25) is 11.8 Å². The Bertz CT molecular complexity index is 408. The SMILES string of the molecule is CNC(=O)CN1CCC(NC(=O)[C@]2(C)CC2(Cl)Cl)CC1. The number of carbonyl (C=O) groups excluding carboxylic acids is 2. The molecule has 0 radical (unpaired) electrons. The van der Waals surface area contributed by atoms with Gasteiger partial charge in [0.1, 0.15) is 4.33 Å². The third-order valence-corrected chi connectivity index (χ3v) is 5.43. The monoisotopic (exact) mass is 321 g/mol. The predicted octanol–water partition coefficient (Wildman–Crippen LogP) is 0.897. The van der Waals surface area contributed by atoms with E-state index >= 15 is 0 Å². The van der Waals surface area contributed by atoms with Gasteiger partial charge in [-0.25, -0.2) is 0 Å². The van der Waals surface area contributed by atoms with Crippen molar-refractivity contribution in [1.82, 2.24) is 15.5 Å². The van der Waals surface area contributed by atoms with Crippen LogP contribution in [0.5, 0.6) is 0 Å². The van der Waals surface area contributed by atoms with Gasteiger partial charge in [-0.2, -0.15) is 0 Å². The molecule has 1 saturated heterocycles. The molecule has 0 spiro atoms. The fourth-order valence-electron chi connectivity index (χ4n) is 2.51. The zero-order valence-corrected chi connectivity index (χ0v) is 13.4. The molecule has 0 aromatic rings. The minimum atomic E-state index is -0.920. The molecule has 2 N–H and O–H groups in total. The number of likely N-dealkylation sites (tertiary alicyclic amines) is 1. The second-order valence-electron chi connectivity index (χ2n) is 5.91. The van der Waals surface area contributed by atoms with E-state index in [0.29, 0.717) is 13.0 Å². The third kappa shape index (κ3) is 3.21. The number of likely N-dealkylation sites (N-methyl/N-ethyl adjacent to an activating group) is 1. The first-order valence-corrected chi connectivity index (χ1v) is 7.66. The first kappa shape index (κ1) is 15.9. The Morgan fingerprint density at radius 3 is 2.30 bits per heavy atom. The van der Waals surface area contributed by atoms with Crippen LogP contribution in [-0.2, 0) is 9.59 Å². The molecule has 2 amide bonds. The van der Waals surface area contributed by atoms with Gasteiger partial charge in [0.25, 0.3) is 0 Å². The average molecular weight is 322 g/mol. The molecule has 0 aromatic heterocycles. The van der Waals surface area contributed by atoms with Crippen LogP contribution in [0.3, 0.4) is 0 Å². The van der Waals surface area contributed by atoms with Gasteiger partial charge in [-0.3, -0.25) is 14.5 Å². The van der Waals surface area contributed by atoms with Crippen molar-refractivity contribution in [3.05, 3.63) is 0 Å². The second-order valence-corrected chi connectivity index (χ2v) is 7.39. The van der Waals surface area contributed by atoms with E-state index in [1.807, 2.05) is 0 Å². The lowest BCUT2D eigenvalue weighted by molar-refractivity contribution is -0.127. The van der Waals surface area contributed by atoms with Crippen molar-refractivity contribution in [3.63, 3.8) is 0 Å². The number of carbonyl (C=O) groups is 2. The molecule has 0 bridgehead atoms. The van der Waals surface area contributed by atoms with Gasteiger partial charge in [-0.05, 0) is 26.2 Å². The van der Waals surface area contributed by atoms with Crippen LogP contribution in [0.15, 0.2) is 0 Å². The maximum atomic E-state index is 12.2. The van der Waals surface area contributed by atoms with Crippen LogP contribution < -0.4 is 10.6 Å². The number of halogens is 2. The summed E-state index contributed by atoms with van der Waals surface area (Å²) in [4.78, 5) is 25.5. The van der Waals surface area contributed by atoms with Crippen molar-refractivity contribution in [2.75, 3.05) is 26.7 Å². The second kappa shape index (κ2) is 5.70. The van der Waals surface area contributed by atoms with Crippen LogP contribution in [0.1, 0.15) is 26.2 Å². The molecule has 1 atom stereocenters. The highest BCUT2D eigenvalue weighted by atomic mass is 35.5. The van der Waals surface area contributed by atoms with Gasteiger partial charge in [0.15, 0.2) is 0 Å². The first-order chi connectivity index (χ1) is 9.28. The molecule has 1 saturated carbocycles. The highest BCUT2D eigenvalue weighted by Gasteiger charge is 2.68. The Balaban J connectivity index is 1.75. The van der Waals surface area contributed by atoms with E-state index in [1.165, 1.54) is 0 Å². The molecule has 0 aromatic carbocycles. The number of hydrogen-bond donors (Lipinski definition) is 2. The zero-order valence-electron chi connectivity index (χ0n) is 11.8. The van der Waals surface area contributed by atoms with Crippen molar-refractivity contribution >= 4 is 35.0 Å². The van der Waals surface area contributed by atoms with Crippen LogP contribution in [0.2, 0.25) is 0 Å². The number of amides is 2. The van der Waals surface area contributed by atoms with Gasteiger partial charge < -0.3 is 10.6 Å². The van der Waals surface area contributed by atoms with Crippen molar-refractivity contribution < 1.29 is 9.59 Å². The highest BCUT2D eigenvalue weighted by Crippen LogP contribution is 2.63. The molecular weight excluding hydrogens is 301 g/mol. The molecule has 1 aliphatic carbocycles. The maximum Gasteiger partial charge on any atom is 0.233 e. The Kier molecular flexibility index (Phi) is 4.52. The van der Waals surface area contributed by atoms with E-state index in [4.69, 9.17) is 23.2 Å². The minimum Gasteiger partial charge on any atom is -0.358 e. The van der Waals surface area contributed by atoms with Crippen molar-refractivity contribution in [1.29, 1.82) is 0 Å². The molecule has 7 heteroatoms. The van der Waals surface area contributed by atoms with Crippen molar-refractivity contribution in [2.45, 2.75) is 36.6 Å². The standard InChI is InChI=1S/C13H21Cl2N3O2/c1-12(8-13(12,14)15)11(20)17-9-3-5-18(6-4-9)7-10(19)16-2/h9H,3-8H2,1-2H3,(H,16,19)(H,17,20)/t12-/m0/s1. The Hall–Kier alpha value is -0.520. The van der Waals surface area contributed by atoms with Crippen LogP contribution >= 0.6 is 23.2 Å². The fraction of sp³-hybridized carbons (Fsp3) is 0.846. The summed E-state index contributed by atoms with van der Waals surface area (Å²) in [5, 5.41) is 5.64. The molecule has 20 heavy (non-hydrogen) atoms. The quantitative estimate of drug-likeness (QED) is 0.756. The smallest absolute Gasteiger partial charge is 0.233 e. The average Bonchev–Trinajstić information content (AvgIpc) is 2.92. The van der Waals surface area contributed by atoms with Gasteiger partial charge >= 0.3 is 0 Å². The van der Waals surface area contributed by atoms with Crippen molar-refractivity contribution in [3.8, 4) is 0 Å². The molecule has 2 fully saturated rings. The summed E-state index contributed by atoms with van der Waals surface area (Å²) < 4.78 is -0.920. The molecule has 2 aliphatic rings. The number of rotatable bonds is 4. The molecule has 5 nitrogen and oxygen atoms in total. The molecular formula is C13H21Cl2N3O2. The number of alkyl halides is 2. The predicted molar refractivity (Wildman–Crippen MR) is 78.8 cm³/mol. The van der Waals surface area contributed by atoms with E-state index in [9.17, 15) is 9.59 Å². The first-order valence-electron chi connectivity index (χ1n) is 6.90. The largest absolute Gasteiger partial charge is 0.358 e. The highest BCUT2D eigenvalue weighted by molar-refractivity contribution is 6.53. The van der Waals surface area contributed by atoms with E-state index in [0.717, 1.165) is 25.9 Å². The number of nitrogens with zero attached hydrogens (tertiary/aromatic N) is 1. The van der Waals surface area contributed by atoms with Crippen LogP contribution in [0, 0.1) is 5.41 Å². The Morgan fingerprint density at radius 1 is 1.30 bits per heavy atom. The third-order valence-electron chi connectivity index (χ3n) is 4.33. The lowest BCUT2D eigenvalue weighted by atomic mass is 10.0. The topological polar surface area (TPSA) is 61.4 Å². The molecule has 114 valence electrons. The summed E-state index contributed by atoms with van der Waals surface area (Å²) in [7, 11) is 1.64. The van der Waals surface area contributed by atoms with E-state index in [1.54, 1.807) is 14.0 Å². The van der Waals surface area contributed by atoms with Crippen LogP contribution in [-0.4, -0.2) is 53.8 Å². The summed E-state index contributed by atoms with van der Waals surface area (Å²) in [5.41, 5.74) is -0.657. The Labute approximate surface area is 129 Å². The summed E-state index contributed by atoms with van der Waals surface area (Å²) >= 11 is 12.0. The fourth-order valence-corrected chi connectivity index (χ4v) is 3.21. The molecule has 1 heterocycles. The summed E-state index contributed by atoms with van der Waals surface area (Å²) in [5.74, 6) is -0.0423. The maximum absolute atomic E-state index is 12.2. The van der Waals surface area contributed by atoms with E-state index in [2.05, 4.69) is 15.5 Å². The van der Waals surface area contributed by atoms with Gasteiger partial charge in [-0.15, -0.1) is 23.2 Å². The lowest BCUT2D eigenvalue weighted by Crippen LogP contribution is -2.48. The Morgan fingerprint density at radius 2 is 1.85 bits per heavy atom. The molecule has 0 unspecified atom stereocenters. The van der Waals surface area contributed by atoms with E-state index in [-0.39, 0.29) is 17.9 Å². The number of hydrogen-bond acceptors (Lipinski definition) is 3. The van der Waals surface area contributed by atoms with Gasteiger partial charge in [-0.1, -0.05) is 0 Å². The normalized spacial score (nSPS) is 29.8. The molecule has 2 rings (SSSR count). The summed E-state index contributed by atoms with van der Waals surface area (Å²) in [6, 6.07) is 0.144. The van der Waals surface area contributed by atoms with Gasteiger partial charge in [0.05, 0.1) is 12.0 Å². The van der Waals surface area contributed by atoms with Crippen LogP contribution in [0.4, 0.5) is 0 Å². The van der Waals surface area contributed by atoms with Gasteiger partial charge in [0, 0.05) is 26.2 Å². The number of nitrogens with one attached hydrogen (secondary N) is 2. The summed E-state index contributed by atoms with van der Waals surface area (Å²) in [6.45, 7) is 3.83. The van der Waals surface area contributed by atoms with E-state index < -0.39 is 9.75 Å².